The lowest BCUT2D eigenvalue weighted by molar-refractivity contribution is -0.135. The summed E-state index contributed by atoms with van der Waals surface area (Å²) >= 11 is 0. The van der Waals surface area contributed by atoms with Crippen LogP contribution < -0.4 is 10.6 Å². The molecule has 0 bridgehead atoms. The number of carbonyl (C=O) groups excluding carboxylic acids is 2. The zero-order valence-corrected chi connectivity index (χ0v) is 11.4. The number of rotatable bonds is 4. The first kappa shape index (κ1) is 14.5. The summed E-state index contributed by atoms with van der Waals surface area (Å²) in [5.74, 6) is 0.345. The maximum absolute atomic E-state index is 12.0. The Labute approximate surface area is 116 Å². The van der Waals surface area contributed by atoms with E-state index in [1.165, 1.54) is 4.90 Å². The summed E-state index contributed by atoms with van der Waals surface area (Å²) in [6.45, 7) is 2.03. The van der Waals surface area contributed by atoms with E-state index in [2.05, 4.69) is 15.8 Å². The molecule has 1 aromatic heterocycles. The van der Waals surface area contributed by atoms with Gasteiger partial charge in [-0.25, -0.2) is 0 Å². The van der Waals surface area contributed by atoms with E-state index in [0.29, 0.717) is 24.5 Å². The van der Waals surface area contributed by atoms with Crippen molar-refractivity contribution < 1.29 is 19.2 Å². The van der Waals surface area contributed by atoms with E-state index < -0.39 is 12.1 Å². The number of aliphatic hydroxyl groups excluding tert-OH is 1. The second kappa shape index (κ2) is 6.02. The highest BCUT2D eigenvalue weighted by atomic mass is 16.5. The predicted molar refractivity (Wildman–Crippen MR) is 69.9 cm³/mol. The number of β-amino-alcohol motifs (C(OH)–C–C–N with tert-alkyl or cyclic N) is 1. The Morgan fingerprint density at radius 3 is 2.95 bits per heavy atom. The van der Waals surface area contributed by atoms with Gasteiger partial charge >= 0.3 is 0 Å². The third kappa shape index (κ3) is 3.55. The molecule has 1 aliphatic heterocycles. The first-order valence-corrected chi connectivity index (χ1v) is 6.35. The molecule has 0 radical (unpaired) electrons. The minimum Gasteiger partial charge on any atom is -0.392 e. The number of amides is 2. The highest BCUT2D eigenvalue weighted by molar-refractivity contribution is 5.94. The summed E-state index contributed by atoms with van der Waals surface area (Å²) in [6, 6.07) is 1.16. The molecule has 0 spiro atoms. The van der Waals surface area contributed by atoms with E-state index in [-0.39, 0.29) is 18.4 Å². The molecule has 8 heteroatoms. The second-order valence-electron chi connectivity index (χ2n) is 4.92. The number of anilines is 1. The first-order valence-electron chi connectivity index (χ1n) is 6.35. The van der Waals surface area contributed by atoms with Crippen molar-refractivity contribution in [1.29, 1.82) is 0 Å². The highest BCUT2D eigenvalue weighted by Crippen LogP contribution is 2.10. The fourth-order valence-electron chi connectivity index (χ4n) is 2.07. The van der Waals surface area contributed by atoms with Crippen LogP contribution >= 0.6 is 0 Å². The Morgan fingerprint density at radius 1 is 1.65 bits per heavy atom. The molecule has 1 aliphatic rings. The molecule has 2 heterocycles. The molecule has 2 unspecified atom stereocenters. The number of aryl methyl sites for hydroxylation is 1. The minimum absolute atomic E-state index is 0.0843. The van der Waals surface area contributed by atoms with E-state index in [1.807, 2.05) is 0 Å². The van der Waals surface area contributed by atoms with Crippen molar-refractivity contribution in [1.82, 2.24) is 15.4 Å². The molecule has 2 atom stereocenters. The van der Waals surface area contributed by atoms with Crippen LogP contribution in [0.1, 0.15) is 12.2 Å². The van der Waals surface area contributed by atoms with Gasteiger partial charge in [-0.05, 0) is 13.3 Å². The monoisotopic (exact) mass is 282 g/mol. The number of likely N-dealkylation sites (N-methyl/N-ethyl adjacent to an activating group) is 1. The number of nitrogens with one attached hydrogen (secondary N) is 2. The maximum atomic E-state index is 12.0. The van der Waals surface area contributed by atoms with Gasteiger partial charge in [0.1, 0.15) is 5.76 Å². The van der Waals surface area contributed by atoms with Gasteiger partial charge in [0.05, 0.1) is 18.7 Å². The molecule has 1 saturated heterocycles. The van der Waals surface area contributed by atoms with Crippen molar-refractivity contribution in [2.24, 2.45) is 0 Å². The van der Waals surface area contributed by atoms with E-state index in [4.69, 9.17) is 4.52 Å². The van der Waals surface area contributed by atoms with Crippen LogP contribution in [0.2, 0.25) is 0 Å². The Kier molecular flexibility index (Phi) is 4.35. The molecular formula is C12H18N4O4. The van der Waals surface area contributed by atoms with Crippen molar-refractivity contribution in [3.8, 4) is 0 Å². The Morgan fingerprint density at radius 2 is 2.40 bits per heavy atom. The summed E-state index contributed by atoms with van der Waals surface area (Å²) in [6.07, 6.45) is -0.142. The molecule has 1 aromatic rings. The summed E-state index contributed by atoms with van der Waals surface area (Å²) in [7, 11) is 1.54. The van der Waals surface area contributed by atoms with E-state index >= 15 is 0 Å². The zero-order valence-electron chi connectivity index (χ0n) is 11.4. The molecule has 8 nitrogen and oxygen atoms in total. The van der Waals surface area contributed by atoms with Crippen LogP contribution in [-0.2, 0) is 9.59 Å². The molecule has 0 saturated carbocycles. The van der Waals surface area contributed by atoms with Gasteiger partial charge in [0.25, 0.3) is 0 Å². The Balaban J connectivity index is 1.82. The van der Waals surface area contributed by atoms with Crippen molar-refractivity contribution in [3.63, 3.8) is 0 Å². The van der Waals surface area contributed by atoms with E-state index in [1.54, 1.807) is 20.0 Å². The molecule has 20 heavy (non-hydrogen) atoms. The quantitative estimate of drug-likeness (QED) is 0.661. The number of aliphatic hydroxyl groups is 1. The van der Waals surface area contributed by atoms with Crippen LogP contribution in [0.4, 0.5) is 5.82 Å². The third-order valence-electron chi connectivity index (χ3n) is 3.06. The molecule has 2 rings (SSSR count). The molecule has 1 fully saturated rings. The largest absolute Gasteiger partial charge is 0.392 e. The number of hydrogen-bond acceptors (Lipinski definition) is 6. The summed E-state index contributed by atoms with van der Waals surface area (Å²) in [4.78, 5) is 25.1. The predicted octanol–water partition coefficient (Wildman–Crippen LogP) is -0.897. The van der Waals surface area contributed by atoms with Gasteiger partial charge in [-0.1, -0.05) is 5.16 Å². The molecule has 0 aliphatic carbocycles. The smallest absolute Gasteiger partial charge is 0.245 e. The minimum atomic E-state index is -0.510. The van der Waals surface area contributed by atoms with Crippen molar-refractivity contribution in [2.75, 3.05) is 25.5 Å². The number of carbonyl (C=O) groups is 2. The van der Waals surface area contributed by atoms with Crippen LogP contribution in [0, 0.1) is 6.92 Å². The highest BCUT2D eigenvalue weighted by Gasteiger charge is 2.30. The SMILES string of the molecule is Cc1cc(NC(=O)CN(C)C(=O)C2CC(O)CN2)no1. The normalized spacial score (nSPS) is 21.8. The first-order chi connectivity index (χ1) is 9.45. The van der Waals surface area contributed by atoms with E-state index in [0.717, 1.165) is 0 Å². The van der Waals surface area contributed by atoms with Crippen LogP contribution in [0.3, 0.4) is 0 Å². The average molecular weight is 282 g/mol. The zero-order chi connectivity index (χ0) is 14.7. The lowest BCUT2D eigenvalue weighted by Crippen LogP contribution is -2.44. The van der Waals surface area contributed by atoms with Crippen LogP contribution in [-0.4, -0.2) is 59.3 Å². The summed E-state index contributed by atoms with van der Waals surface area (Å²) in [5, 5.41) is 18.5. The fourth-order valence-corrected chi connectivity index (χ4v) is 2.07. The molecule has 110 valence electrons. The van der Waals surface area contributed by atoms with Crippen molar-refractivity contribution in [2.45, 2.75) is 25.5 Å². The van der Waals surface area contributed by atoms with Gasteiger partial charge in [-0.15, -0.1) is 0 Å². The molecule has 0 aromatic carbocycles. The standard InChI is InChI=1S/C12H18N4O4/c1-7-3-10(15-20-7)14-11(18)6-16(2)12(19)9-4-8(17)5-13-9/h3,8-9,13,17H,4-6H2,1-2H3,(H,14,15,18). The topological polar surface area (TPSA) is 108 Å². The van der Waals surface area contributed by atoms with Gasteiger partial charge in [0.2, 0.25) is 11.8 Å². The third-order valence-corrected chi connectivity index (χ3v) is 3.06. The lowest BCUT2D eigenvalue weighted by atomic mass is 10.2. The second-order valence-corrected chi connectivity index (χ2v) is 4.92. The van der Waals surface area contributed by atoms with Gasteiger partial charge < -0.3 is 25.2 Å². The van der Waals surface area contributed by atoms with Gasteiger partial charge in [0, 0.05) is 19.7 Å². The Hall–Kier alpha value is -1.93. The van der Waals surface area contributed by atoms with Gasteiger partial charge in [-0.3, -0.25) is 9.59 Å². The number of aromatic nitrogens is 1. The number of hydrogen-bond donors (Lipinski definition) is 3. The molecular weight excluding hydrogens is 264 g/mol. The number of nitrogens with zero attached hydrogens (tertiary/aromatic N) is 2. The van der Waals surface area contributed by atoms with Crippen molar-refractivity contribution >= 4 is 17.6 Å². The molecule has 3 N–H and O–H groups in total. The van der Waals surface area contributed by atoms with Gasteiger partial charge in [0.15, 0.2) is 5.82 Å². The van der Waals surface area contributed by atoms with Crippen LogP contribution in [0.5, 0.6) is 0 Å². The lowest BCUT2D eigenvalue weighted by Gasteiger charge is -2.20. The van der Waals surface area contributed by atoms with Crippen LogP contribution in [0.15, 0.2) is 10.6 Å². The maximum Gasteiger partial charge on any atom is 0.245 e. The van der Waals surface area contributed by atoms with Gasteiger partial charge in [-0.2, -0.15) is 0 Å². The van der Waals surface area contributed by atoms with Crippen molar-refractivity contribution in [3.05, 3.63) is 11.8 Å². The van der Waals surface area contributed by atoms with Crippen LogP contribution in [0.25, 0.3) is 0 Å². The molecule has 2 amide bonds. The summed E-state index contributed by atoms with van der Waals surface area (Å²) < 4.78 is 4.83. The average Bonchev–Trinajstić information content (AvgIpc) is 2.97. The van der Waals surface area contributed by atoms with E-state index in [9.17, 15) is 14.7 Å². The fraction of sp³-hybridized carbons (Fsp3) is 0.583. The summed E-state index contributed by atoms with van der Waals surface area (Å²) in [5.41, 5.74) is 0. The Bertz CT molecular complexity index is 501.